The Labute approximate surface area is 108 Å². The summed E-state index contributed by atoms with van der Waals surface area (Å²) in [4.78, 5) is 14.4. The van der Waals surface area contributed by atoms with E-state index in [1.54, 1.807) is 0 Å². The van der Waals surface area contributed by atoms with Crippen LogP contribution in [-0.2, 0) is 16.8 Å². The van der Waals surface area contributed by atoms with Gasteiger partial charge in [-0.25, -0.2) is 8.78 Å². The van der Waals surface area contributed by atoms with Gasteiger partial charge in [-0.15, -0.1) is 0 Å². The van der Waals surface area contributed by atoms with Crippen molar-refractivity contribution >= 4 is 5.97 Å². The molecule has 3 N–H and O–H groups in total. The Morgan fingerprint density at radius 2 is 2.00 bits per heavy atom. The number of aryl methyl sites for hydroxylation is 1. The molecule has 1 aromatic rings. The fourth-order valence-electron chi connectivity index (χ4n) is 2.06. The molecular weight excluding hydrogens is 260 g/mol. The molecule has 1 aliphatic rings. The molecule has 0 saturated heterocycles. The molecular formula is C11H15F2N3O3. The topological polar surface area (TPSA) is 102 Å². The maximum atomic E-state index is 13.1. The van der Waals surface area contributed by atoms with Gasteiger partial charge in [-0.2, -0.15) is 4.98 Å². The van der Waals surface area contributed by atoms with Gasteiger partial charge in [0.1, 0.15) is 0 Å². The highest BCUT2D eigenvalue weighted by Gasteiger charge is 2.44. The van der Waals surface area contributed by atoms with E-state index >= 15 is 0 Å². The summed E-state index contributed by atoms with van der Waals surface area (Å²) in [6.45, 7) is 0. The zero-order chi connectivity index (χ0) is 14.1. The van der Waals surface area contributed by atoms with E-state index in [4.69, 9.17) is 15.4 Å². The van der Waals surface area contributed by atoms with Crippen molar-refractivity contribution in [3.63, 3.8) is 0 Å². The van der Waals surface area contributed by atoms with Crippen molar-refractivity contribution in [1.82, 2.24) is 10.1 Å². The van der Waals surface area contributed by atoms with Crippen molar-refractivity contribution in [3.8, 4) is 0 Å². The molecule has 1 saturated carbocycles. The van der Waals surface area contributed by atoms with E-state index in [2.05, 4.69) is 10.1 Å². The first-order valence-corrected chi connectivity index (χ1v) is 6.02. The second-order valence-corrected chi connectivity index (χ2v) is 4.92. The average molecular weight is 275 g/mol. The largest absolute Gasteiger partial charge is 0.481 e. The predicted octanol–water partition coefficient (Wildman–Crippen LogP) is 1.45. The van der Waals surface area contributed by atoms with Crippen molar-refractivity contribution in [2.45, 2.75) is 50.0 Å². The Kier molecular flexibility index (Phi) is 3.53. The van der Waals surface area contributed by atoms with E-state index < -0.39 is 17.4 Å². The van der Waals surface area contributed by atoms with Crippen LogP contribution in [0.5, 0.6) is 0 Å². The van der Waals surface area contributed by atoms with Crippen molar-refractivity contribution < 1.29 is 23.2 Å². The summed E-state index contributed by atoms with van der Waals surface area (Å²) in [7, 11) is 0. The zero-order valence-electron chi connectivity index (χ0n) is 10.2. The minimum Gasteiger partial charge on any atom is -0.481 e. The SMILES string of the molecule is NC1(c2noc(CCC(=O)O)n2)CCC(F)(F)CC1. The van der Waals surface area contributed by atoms with Crippen molar-refractivity contribution in [2.75, 3.05) is 0 Å². The fraction of sp³-hybridized carbons (Fsp3) is 0.727. The molecule has 8 heteroatoms. The van der Waals surface area contributed by atoms with Crippen LogP contribution in [-0.4, -0.2) is 27.1 Å². The molecule has 19 heavy (non-hydrogen) atoms. The molecule has 6 nitrogen and oxygen atoms in total. The minimum atomic E-state index is -2.68. The van der Waals surface area contributed by atoms with Gasteiger partial charge in [0.15, 0.2) is 5.82 Å². The molecule has 0 radical (unpaired) electrons. The first kappa shape index (κ1) is 13.9. The van der Waals surface area contributed by atoms with Crippen LogP contribution in [0, 0.1) is 0 Å². The van der Waals surface area contributed by atoms with E-state index in [1.807, 2.05) is 0 Å². The number of carboxylic acid groups (broad SMARTS) is 1. The summed E-state index contributed by atoms with van der Waals surface area (Å²) in [5, 5.41) is 12.2. The molecule has 106 valence electrons. The third-order valence-corrected chi connectivity index (χ3v) is 3.34. The number of hydrogen-bond acceptors (Lipinski definition) is 5. The number of aromatic nitrogens is 2. The quantitative estimate of drug-likeness (QED) is 0.862. The number of aliphatic carboxylic acids is 1. The van der Waals surface area contributed by atoms with E-state index in [0.29, 0.717) is 0 Å². The number of carboxylic acids is 1. The van der Waals surface area contributed by atoms with Crippen molar-refractivity contribution in [1.29, 1.82) is 0 Å². The second kappa shape index (κ2) is 4.84. The van der Waals surface area contributed by atoms with Gasteiger partial charge >= 0.3 is 5.97 Å². The van der Waals surface area contributed by atoms with Crippen LogP contribution in [0.1, 0.15) is 43.8 Å². The Morgan fingerprint density at radius 1 is 1.37 bits per heavy atom. The predicted molar refractivity (Wildman–Crippen MR) is 59.5 cm³/mol. The van der Waals surface area contributed by atoms with Crippen LogP contribution in [0.3, 0.4) is 0 Å². The minimum absolute atomic E-state index is 0.0813. The highest BCUT2D eigenvalue weighted by Crippen LogP contribution is 2.41. The molecule has 1 fully saturated rings. The first-order chi connectivity index (χ1) is 8.81. The molecule has 0 aromatic carbocycles. The summed E-state index contributed by atoms with van der Waals surface area (Å²) in [6, 6.07) is 0. The number of alkyl halides is 2. The van der Waals surface area contributed by atoms with Gasteiger partial charge in [0.25, 0.3) is 0 Å². The summed E-state index contributed by atoms with van der Waals surface area (Å²) in [6.07, 6.45) is -0.466. The summed E-state index contributed by atoms with van der Waals surface area (Å²) in [5.74, 6) is -3.30. The van der Waals surface area contributed by atoms with Crippen LogP contribution in [0.2, 0.25) is 0 Å². The Hall–Kier alpha value is -1.57. The van der Waals surface area contributed by atoms with Gasteiger partial charge in [-0.05, 0) is 12.8 Å². The summed E-state index contributed by atoms with van der Waals surface area (Å²) in [5.41, 5.74) is 5.03. The smallest absolute Gasteiger partial charge is 0.303 e. The molecule has 1 aliphatic carbocycles. The first-order valence-electron chi connectivity index (χ1n) is 6.02. The van der Waals surface area contributed by atoms with Gasteiger partial charge in [-0.3, -0.25) is 4.79 Å². The lowest BCUT2D eigenvalue weighted by Gasteiger charge is -2.34. The van der Waals surface area contributed by atoms with E-state index in [9.17, 15) is 13.6 Å². The highest BCUT2D eigenvalue weighted by atomic mass is 19.3. The van der Waals surface area contributed by atoms with Gasteiger partial charge in [0, 0.05) is 19.3 Å². The Bertz CT molecular complexity index is 466. The monoisotopic (exact) mass is 275 g/mol. The third-order valence-electron chi connectivity index (χ3n) is 3.34. The fourth-order valence-corrected chi connectivity index (χ4v) is 2.06. The van der Waals surface area contributed by atoms with Gasteiger partial charge in [-0.1, -0.05) is 5.16 Å². The van der Waals surface area contributed by atoms with Gasteiger partial charge in [0.2, 0.25) is 11.8 Å². The molecule has 2 rings (SSSR count). The summed E-state index contributed by atoms with van der Waals surface area (Å²) < 4.78 is 31.1. The molecule has 0 spiro atoms. The van der Waals surface area contributed by atoms with Crippen LogP contribution < -0.4 is 5.73 Å². The number of halogens is 2. The van der Waals surface area contributed by atoms with Crippen molar-refractivity contribution in [3.05, 3.63) is 11.7 Å². The maximum Gasteiger partial charge on any atom is 0.303 e. The van der Waals surface area contributed by atoms with E-state index in [0.717, 1.165) is 0 Å². The number of rotatable bonds is 4. The number of carbonyl (C=O) groups is 1. The molecule has 0 aliphatic heterocycles. The van der Waals surface area contributed by atoms with E-state index in [-0.39, 0.29) is 50.2 Å². The highest BCUT2D eigenvalue weighted by molar-refractivity contribution is 5.66. The molecule has 0 unspecified atom stereocenters. The number of nitrogens with two attached hydrogens (primary N) is 1. The number of nitrogens with zero attached hydrogens (tertiary/aromatic N) is 2. The van der Waals surface area contributed by atoms with Gasteiger partial charge in [0.05, 0.1) is 12.0 Å². The van der Waals surface area contributed by atoms with E-state index in [1.165, 1.54) is 0 Å². The van der Waals surface area contributed by atoms with Crippen LogP contribution in [0.15, 0.2) is 4.52 Å². The lowest BCUT2D eigenvalue weighted by Crippen LogP contribution is -2.44. The van der Waals surface area contributed by atoms with Crippen LogP contribution in [0.4, 0.5) is 8.78 Å². The van der Waals surface area contributed by atoms with Gasteiger partial charge < -0.3 is 15.4 Å². The summed E-state index contributed by atoms with van der Waals surface area (Å²) >= 11 is 0. The molecule has 1 heterocycles. The average Bonchev–Trinajstić information content (AvgIpc) is 2.80. The molecule has 0 bridgehead atoms. The lowest BCUT2D eigenvalue weighted by atomic mass is 9.80. The molecule has 0 atom stereocenters. The third kappa shape index (κ3) is 3.25. The van der Waals surface area contributed by atoms with Crippen LogP contribution >= 0.6 is 0 Å². The lowest BCUT2D eigenvalue weighted by molar-refractivity contribution is -0.137. The second-order valence-electron chi connectivity index (χ2n) is 4.92. The molecule has 0 amide bonds. The normalized spacial score (nSPS) is 21.2. The standard InChI is InChI=1S/C11H15F2N3O3/c12-11(13)5-3-10(14,4-6-11)9-15-7(19-16-9)1-2-8(17)18/h1-6,14H2,(H,17,18). The van der Waals surface area contributed by atoms with Crippen LogP contribution in [0.25, 0.3) is 0 Å². The Morgan fingerprint density at radius 3 is 2.58 bits per heavy atom. The zero-order valence-corrected chi connectivity index (χ0v) is 10.2. The Balaban J connectivity index is 2.03. The number of hydrogen-bond donors (Lipinski definition) is 2. The maximum absolute atomic E-state index is 13.1. The van der Waals surface area contributed by atoms with Crippen molar-refractivity contribution in [2.24, 2.45) is 5.73 Å². The molecule has 1 aromatic heterocycles.